The fraction of sp³-hybridized carbons (Fsp3) is 0.278. The van der Waals surface area contributed by atoms with Gasteiger partial charge < -0.3 is 9.67 Å². The molecule has 0 saturated carbocycles. The van der Waals surface area contributed by atoms with Gasteiger partial charge in [-0.3, -0.25) is 0 Å². The molecule has 3 aromatic rings. The summed E-state index contributed by atoms with van der Waals surface area (Å²) in [5.41, 5.74) is 3.21. The van der Waals surface area contributed by atoms with E-state index in [4.69, 9.17) is 0 Å². The molecular weight excluding hydrogens is 260 g/mol. The fourth-order valence-electron chi connectivity index (χ4n) is 2.77. The Balaban J connectivity index is 2.19. The minimum absolute atomic E-state index is 0.134. The third kappa shape index (κ3) is 2.45. The molecule has 0 bridgehead atoms. The third-order valence-electron chi connectivity index (χ3n) is 3.98. The van der Waals surface area contributed by atoms with Crippen LogP contribution in [0.5, 0.6) is 0 Å². The molecule has 0 radical (unpaired) electrons. The molecule has 2 atom stereocenters. The van der Waals surface area contributed by atoms with Crippen LogP contribution in [0.2, 0.25) is 0 Å². The van der Waals surface area contributed by atoms with Gasteiger partial charge in [0.1, 0.15) is 11.9 Å². The van der Waals surface area contributed by atoms with Crippen LogP contribution in [0.25, 0.3) is 11.0 Å². The number of rotatable bonds is 4. The van der Waals surface area contributed by atoms with Crippen molar-refractivity contribution >= 4 is 11.0 Å². The molecule has 0 amide bonds. The minimum Gasteiger partial charge on any atom is -0.385 e. The number of aliphatic hydroxyl groups excluding tert-OH is 1. The van der Waals surface area contributed by atoms with Crippen LogP contribution in [0.4, 0.5) is 0 Å². The number of hydrogen-bond acceptors (Lipinski definition) is 2. The van der Waals surface area contributed by atoms with Crippen LogP contribution in [-0.2, 0) is 0 Å². The molecule has 0 saturated heterocycles. The second kappa shape index (κ2) is 5.70. The lowest BCUT2D eigenvalue weighted by Gasteiger charge is -2.20. The largest absolute Gasteiger partial charge is 0.385 e. The Hall–Kier alpha value is -2.13. The zero-order valence-corrected chi connectivity index (χ0v) is 12.4. The van der Waals surface area contributed by atoms with E-state index in [1.165, 1.54) is 5.56 Å². The second-order valence-corrected chi connectivity index (χ2v) is 5.34. The number of aromatic nitrogens is 2. The van der Waals surface area contributed by atoms with Crippen LogP contribution in [0.15, 0.2) is 54.6 Å². The lowest BCUT2D eigenvalue weighted by molar-refractivity contribution is 0.158. The highest BCUT2D eigenvalue weighted by atomic mass is 16.3. The van der Waals surface area contributed by atoms with E-state index < -0.39 is 6.10 Å². The quantitative estimate of drug-likeness (QED) is 0.781. The van der Waals surface area contributed by atoms with Crippen molar-refractivity contribution in [3.63, 3.8) is 0 Å². The summed E-state index contributed by atoms with van der Waals surface area (Å²) in [6, 6.07) is 18.5. The number of fused-ring (bicyclic) bond motifs is 1. The predicted molar refractivity (Wildman–Crippen MR) is 85.2 cm³/mol. The van der Waals surface area contributed by atoms with E-state index in [9.17, 15) is 5.11 Å². The van der Waals surface area contributed by atoms with E-state index in [2.05, 4.69) is 34.7 Å². The van der Waals surface area contributed by atoms with Gasteiger partial charge in [-0.1, -0.05) is 49.4 Å². The van der Waals surface area contributed by atoms with Crippen molar-refractivity contribution in [2.75, 3.05) is 0 Å². The number of aliphatic hydroxyl groups is 1. The van der Waals surface area contributed by atoms with E-state index >= 15 is 0 Å². The van der Waals surface area contributed by atoms with Crippen LogP contribution in [0, 0.1) is 0 Å². The number of para-hydroxylation sites is 2. The summed E-state index contributed by atoms with van der Waals surface area (Å²) in [6.45, 7) is 4.12. The molecule has 3 heteroatoms. The molecule has 3 nitrogen and oxygen atoms in total. The molecule has 1 heterocycles. The van der Waals surface area contributed by atoms with E-state index in [1.54, 1.807) is 0 Å². The molecule has 1 N–H and O–H groups in total. The maximum Gasteiger partial charge on any atom is 0.139 e. The molecule has 0 aliphatic rings. The maximum atomic E-state index is 10.3. The Morgan fingerprint density at radius 1 is 1.05 bits per heavy atom. The first kappa shape index (κ1) is 13.8. The first-order valence-electron chi connectivity index (χ1n) is 7.42. The molecule has 21 heavy (non-hydrogen) atoms. The van der Waals surface area contributed by atoms with Crippen LogP contribution < -0.4 is 0 Å². The summed E-state index contributed by atoms with van der Waals surface area (Å²) >= 11 is 0. The first-order chi connectivity index (χ1) is 10.2. The standard InChI is InChI=1S/C18H20N2O/c1-3-17(21)18-19-15-11-7-8-12-16(15)20(18)13(2)14-9-5-4-6-10-14/h4-13,17,21H,3H2,1-2H3/t13-,17+/m1/s1. The maximum absolute atomic E-state index is 10.3. The fourth-order valence-corrected chi connectivity index (χ4v) is 2.77. The number of hydrogen-bond donors (Lipinski definition) is 1. The van der Waals surface area contributed by atoms with Crippen molar-refractivity contribution in [2.24, 2.45) is 0 Å². The van der Waals surface area contributed by atoms with Crippen molar-refractivity contribution < 1.29 is 5.11 Å². The van der Waals surface area contributed by atoms with Crippen molar-refractivity contribution in [3.8, 4) is 0 Å². The second-order valence-electron chi connectivity index (χ2n) is 5.34. The monoisotopic (exact) mass is 280 g/mol. The Morgan fingerprint density at radius 2 is 1.71 bits per heavy atom. The van der Waals surface area contributed by atoms with E-state index in [1.807, 2.05) is 43.3 Å². The van der Waals surface area contributed by atoms with Gasteiger partial charge in [-0.25, -0.2) is 4.98 Å². The molecule has 108 valence electrons. The molecule has 2 aromatic carbocycles. The van der Waals surface area contributed by atoms with Crippen molar-refractivity contribution in [1.29, 1.82) is 0 Å². The highest BCUT2D eigenvalue weighted by Gasteiger charge is 2.21. The highest BCUT2D eigenvalue weighted by Crippen LogP contribution is 2.29. The zero-order chi connectivity index (χ0) is 14.8. The highest BCUT2D eigenvalue weighted by molar-refractivity contribution is 5.76. The third-order valence-corrected chi connectivity index (χ3v) is 3.98. The summed E-state index contributed by atoms with van der Waals surface area (Å²) in [7, 11) is 0. The van der Waals surface area contributed by atoms with Gasteiger partial charge >= 0.3 is 0 Å². The van der Waals surface area contributed by atoms with Gasteiger partial charge in [-0.2, -0.15) is 0 Å². The normalized spacial score (nSPS) is 14.2. The lowest BCUT2D eigenvalue weighted by atomic mass is 10.1. The smallest absolute Gasteiger partial charge is 0.139 e. The van der Waals surface area contributed by atoms with Gasteiger partial charge in [0.15, 0.2) is 0 Å². The number of imidazole rings is 1. The molecule has 0 fully saturated rings. The average Bonchev–Trinajstić information content (AvgIpc) is 2.93. The van der Waals surface area contributed by atoms with E-state index in [0.717, 1.165) is 16.9 Å². The van der Waals surface area contributed by atoms with Crippen molar-refractivity contribution in [2.45, 2.75) is 32.4 Å². The lowest BCUT2D eigenvalue weighted by Crippen LogP contribution is -2.13. The Bertz CT molecular complexity index is 733. The Labute approximate surface area is 124 Å². The van der Waals surface area contributed by atoms with Gasteiger partial charge in [0, 0.05) is 0 Å². The average molecular weight is 280 g/mol. The van der Waals surface area contributed by atoms with E-state index in [0.29, 0.717) is 6.42 Å². The molecule has 0 aliphatic heterocycles. The summed E-state index contributed by atoms with van der Waals surface area (Å²) in [5, 5.41) is 10.3. The molecular formula is C18H20N2O. The van der Waals surface area contributed by atoms with Gasteiger partial charge in [-0.05, 0) is 31.0 Å². The van der Waals surface area contributed by atoms with Crippen molar-refractivity contribution in [1.82, 2.24) is 9.55 Å². The van der Waals surface area contributed by atoms with Crippen LogP contribution in [0.3, 0.4) is 0 Å². The molecule has 0 unspecified atom stereocenters. The van der Waals surface area contributed by atoms with Gasteiger partial charge in [-0.15, -0.1) is 0 Å². The molecule has 0 spiro atoms. The predicted octanol–water partition coefficient (Wildman–Crippen LogP) is 4.09. The van der Waals surface area contributed by atoms with Crippen LogP contribution in [0.1, 0.15) is 43.8 Å². The summed E-state index contributed by atoms with van der Waals surface area (Å²) in [5.74, 6) is 0.745. The number of nitrogens with zero attached hydrogens (tertiary/aromatic N) is 2. The Kier molecular flexibility index (Phi) is 3.76. The van der Waals surface area contributed by atoms with Crippen LogP contribution in [-0.4, -0.2) is 14.7 Å². The minimum atomic E-state index is -0.538. The van der Waals surface area contributed by atoms with Crippen LogP contribution >= 0.6 is 0 Å². The summed E-state index contributed by atoms with van der Waals surface area (Å²) in [4.78, 5) is 4.64. The first-order valence-corrected chi connectivity index (χ1v) is 7.42. The summed E-state index contributed by atoms with van der Waals surface area (Å²) in [6.07, 6.45) is 0.119. The van der Waals surface area contributed by atoms with Gasteiger partial charge in [0.25, 0.3) is 0 Å². The van der Waals surface area contributed by atoms with Crippen molar-refractivity contribution in [3.05, 3.63) is 66.0 Å². The van der Waals surface area contributed by atoms with Gasteiger partial charge in [0.2, 0.25) is 0 Å². The SMILES string of the molecule is CC[C@H](O)c1nc2ccccc2n1[C@H](C)c1ccccc1. The number of benzene rings is 2. The molecule has 3 rings (SSSR count). The van der Waals surface area contributed by atoms with Gasteiger partial charge in [0.05, 0.1) is 17.1 Å². The Morgan fingerprint density at radius 3 is 2.43 bits per heavy atom. The summed E-state index contributed by atoms with van der Waals surface area (Å²) < 4.78 is 2.15. The zero-order valence-electron chi connectivity index (χ0n) is 12.4. The van der Waals surface area contributed by atoms with E-state index in [-0.39, 0.29) is 6.04 Å². The molecule has 0 aliphatic carbocycles. The topological polar surface area (TPSA) is 38.1 Å². The molecule has 1 aromatic heterocycles.